The highest BCUT2D eigenvalue weighted by Gasteiger charge is 2.06. The molecule has 0 aliphatic rings. The van der Waals surface area contributed by atoms with Crippen molar-refractivity contribution in [3.05, 3.63) is 41.7 Å². The maximum Gasteiger partial charge on any atom is 0.175 e. The Labute approximate surface area is 99.8 Å². The third-order valence-electron chi connectivity index (χ3n) is 2.49. The lowest BCUT2D eigenvalue weighted by Crippen LogP contribution is -1.98. The summed E-state index contributed by atoms with van der Waals surface area (Å²) in [6.45, 7) is 0. The summed E-state index contributed by atoms with van der Waals surface area (Å²) in [5.41, 5.74) is 1.98. The third-order valence-corrected chi connectivity index (χ3v) is 3.61. The Kier molecular flexibility index (Phi) is 3.23. The van der Waals surface area contributed by atoms with E-state index in [9.17, 15) is 8.42 Å². The molecule has 1 heterocycles. The molecule has 90 valence electrons. The molecule has 2 aromatic rings. The van der Waals surface area contributed by atoms with E-state index >= 15 is 0 Å². The number of aromatic nitrogens is 3. The summed E-state index contributed by atoms with van der Waals surface area (Å²) in [4.78, 5) is 0.350. The van der Waals surface area contributed by atoms with Crippen LogP contribution in [0.15, 0.2) is 35.4 Å². The van der Waals surface area contributed by atoms with E-state index in [2.05, 4.69) is 15.4 Å². The fourth-order valence-electron chi connectivity index (χ4n) is 1.52. The molecule has 0 amide bonds. The lowest BCUT2D eigenvalue weighted by molar-refractivity contribution is 0.602. The Balaban J connectivity index is 2.04. The highest BCUT2D eigenvalue weighted by atomic mass is 32.2. The number of aryl methyl sites for hydroxylation is 2. The summed E-state index contributed by atoms with van der Waals surface area (Å²) >= 11 is 0. The minimum atomic E-state index is -3.11. The van der Waals surface area contributed by atoms with E-state index in [4.69, 9.17) is 0 Å². The van der Waals surface area contributed by atoms with Gasteiger partial charge in [0.2, 0.25) is 0 Å². The molecule has 0 spiro atoms. The number of sulfone groups is 1. The van der Waals surface area contributed by atoms with Crippen molar-refractivity contribution in [1.29, 1.82) is 0 Å². The predicted octanol–water partition coefficient (Wildman–Crippen LogP) is 0.993. The number of benzene rings is 1. The molecule has 2 rings (SSSR count). The molecule has 0 aliphatic carbocycles. The maximum absolute atomic E-state index is 11.3. The minimum absolute atomic E-state index is 0.350. The van der Waals surface area contributed by atoms with E-state index < -0.39 is 9.84 Å². The molecule has 1 aromatic heterocycles. The molecule has 5 nitrogen and oxygen atoms in total. The Morgan fingerprint density at radius 3 is 2.41 bits per heavy atom. The average molecular weight is 251 g/mol. The van der Waals surface area contributed by atoms with E-state index in [-0.39, 0.29) is 0 Å². The van der Waals surface area contributed by atoms with Crippen LogP contribution in [0.2, 0.25) is 0 Å². The number of aromatic amines is 1. The van der Waals surface area contributed by atoms with Gasteiger partial charge >= 0.3 is 0 Å². The molecule has 0 unspecified atom stereocenters. The monoisotopic (exact) mass is 251 g/mol. The zero-order valence-corrected chi connectivity index (χ0v) is 10.2. The first-order valence-electron chi connectivity index (χ1n) is 5.19. The van der Waals surface area contributed by atoms with Gasteiger partial charge in [-0.25, -0.2) is 8.42 Å². The average Bonchev–Trinajstić information content (AvgIpc) is 2.78. The lowest BCUT2D eigenvalue weighted by Gasteiger charge is -2.01. The largest absolute Gasteiger partial charge is 0.224 e. The van der Waals surface area contributed by atoms with Gasteiger partial charge in [-0.2, -0.15) is 15.4 Å². The quantitative estimate of drug-likeness (QED) is 0.879. The van der Waals surface area contributed by atoms with Gasteiger partial charge < -0.3 is 0 Å². The standard InChI is InChI=1S/C11H13N3O2S/c1-17(15,16)11-6-3-9(4-7-11)2-5-10-8-12-14-13-10/h3-4,6-8H,2,5H2,1H3,(H,12,13,14). The first-order valence-corrected chi connectivity index (χ1v) is 7.08. The van der Waals surface area contributed by atoms with Gasteiger partial charge in [0.15, 0.2) is 9.84 Å². The lowest BCUT2D eigenvalue weighted by atomic mass is 10.1. The molecule has 0 bridgehead atoms. The highest BCUT2D eigenvalue weighted by Crippen LogP contribution is 2.11. The van der Waals surface area contributed by atoms with E-state index in [1.807, 2.05) is 12.1 Å². The van der Waals surface area contributed by atoms with Gasteiger partial charge in [-0.3, -0.25) is 0 Å². The molecule has 0 saturated heterocycles. The minimum Gasteiger partial charge on any atom is -0.224 e. The smallest absolute Gasteiger partial charge is 0.175 e. The van der Waals surface area contributed by atoms with Crippen molar-refractivity contribution in [2.75, 3.05) is 6.26 Å². The zero-order valence-electron chi connectivity index (χ0n) is 9.42. The molecule has 0 aliphatic heterocycles. The van der Waals surface area contributed by atoms with Gasteiger partial charge in [-0.05, 0) is 30.5 Å². The van der Waals surface area contributed by atoms with E-state index in [1.54, 1.807) is 18.3 Å². The van der Waals surface area contributed by atoms with Gasteiger partial charge in [0.25, 0.3) is 0 Å². The van der Waals surface area contributed by atoms with E-state index in [1.165, 1.54) is 6.26 Å². The Bertz CT molecular complexity index is 574. The molecule has 0 saturated carbocycles. The van der Waals surface area contributed by atoms with Crippen molar-refractivity contribution < 1.29 is 8.42 Å². The normalized spacial score (nSPS) is 11.6. The first kappa shape index (κ1) is 11.8. The van der Waals surface area contributed by atoms with Crippen LogP contribution in [0.5, 0.6) is 0 Å². The topological polar surface area (TPSA) is 75.7 Å². The predicted molar refractivity (Wildman–Crippen MR) is 63.3 cm³/mol. The first-order chi connectivity index (χ1) is 8.05. The number of hydrogen-bond acceptors (Lipinski definition) is 4. The van der Waals surface area contributed by atoms with Crippen LogP contribution < -0.4 is 0 Å². The molecule has 6 heteroatoms. The summed E-state index contributed by atoms with van der Waals surface area (Å²) < 4.78 is 22.5. The third kappa shape index (κ3) is 3.13. The van der Waals surface area contributed by atoms with Crippen molar-refractivity contribution >= 4 is 9.84 Å². The van der Waals surface area contributed by atoms with Crippen molar-refractivity contribution in [3.63, 3.8) is 0 Å². The number of nitrogens with one attached hydrogen (secondary N) is 1. The Hall–Kier alpha value is -1.69. The number of rotatable bonds is 4. The van der Waals surface area contributed by atoms with Crippen LogP contribution in [-0.2, 0) is 22.7 Å². The Morgan fingerprint density at radius 1 is 1.18 bits per heavy atom. The zero-order chi connectivity index (χ0) is 12.3. The summed E-state index contributed by atoms with van der Waals surface area (Å²) in [5, 5.41) is 10.2. The fourth-order valence-corrected chi connectivity index (χ4v) is 2.15. The summed E-state index contributed by atoms with van der Waals surface area (Å²) in [6.07, 6.45) is 4.49. The van der Waals surface area contributed by atoms with Gasteiger partial charge in [-0.1, -0.05) is 12.1 Å². The van der Waals surface area contributed by atoms with Gasteiger partial charge in [0.05, 0.1) is 16.8 Å². The molecule has 0 fully saturated rings. The number of nitrogens with zero attached hydrogens (tertiary/aromatic N) is 2. The highest BCUT2D eigenvalue weighted by molar-refractivity contribution is 7.90. The number of hydrogen-bond donors (Lipinski definition) is 1. The molecular formula is C11H13N3O2S. The molecule has 17 heavy (non-hydrogen) atoms. The molecule has 1 N–H and O–H groups in total. The SMILES string of the molecule is CS(=O)(=O)c1ccc(CCc2cn[nH]n2)cc1. The van der Waals surface area contributed by atoms with Crippen LogP contribution >= 0.6 is 0 Å². The van der Waals surface area contributed by atoms with Crippen molar-refractivity contribution in [2.45, 2.75) is 17.7 Å². The Morgan fingerprint density at radius 2 is 1.88 bits per heavy atom. The number of H-pyrrole nitrogens is 1. The van der Waals surface area contributed by atoms with Crippen LogP contribution in [0.3, 0.4) is 0 Å². The molecule has 0 atom stereocenters. The van der Waals surface area contributed by atoms with Gasteiger partial charge in [0, 0.05) is 6.26 Å². The van der Waals surface area contributed by atoms with Gasteiger partial charge in [-0.15, -0.1) is 0 Å². The summed E-state index contributed by atoms with van der Waals surface area (Å²) in [6, 6.07) is 6.92. The van der Waals surface area contributed by atoms with Crippen LogP contribution in [0.25, 0.3) is 0 Å². The van der Waals surface area contributed by atoms with E-state index in [0.717, 1.165) is 24.1 Å². The van der Waals surface area contributed by atoms with E-state index in [0.29, 0.717) is 4.90 Å². The van der Waals surface area contributed by atoms with Gasteiger partial charge in [0.1, 0.15) is 0 Å². The fraction of sp³-hybridized carbons (Fsp3) is 0.273. The van der Waals surface area contributed by atoms with Crippen LogP contribution in [0.4, 0.5) is 0 Å². The van der Waals surface area contributed by atoms with Crippen molar-refractivity contribution in [2.24, 2.45) is 0 Å². The molecule has 1 aromatic carbocycles. The maximum atomic E-state index is 11.3. The summed E-state index contributed by atoms with van der Waals surface area (Å²) in [5.74, 6) is 0. The van der Waals surface area contributed by atoms with Crippen LogP contribution in [0.1, 0.15) is 11.3 Å². The van der Waals surface area contributed by atoms with Crippen molar-refractivity contribution in [1.82, 2.24) is 15.4 Å². The van der Waals surface area contributed by atoms with Crippen LogP contribution in [-0.4, -0.2) is 30.1 Å². The second-order valence-electron chi connectivity index (χ2n) is 3.88. The molecule has 0 radical (unpaired) electrons. The molecular weight excluding hydrogens is 238 g/mol. The second kappa shape index (κ2) is 4.67. The second-order valence-corrected chi connectivity index (χ2v) is 5.89. The van der Waals surface area contributed by atoms with Crippen molar-refractivity contribution in [3.8, 4) is 0 Å². The summed E-state index contributed by atoms with van der Waals surface area (Å²) in [7, 11) is -3.11. The van der Waals surface area contributed by atoms with Crippen LogP contribution in [0, 0.1) is 0 Å².